The molecule has 0 aliphatic rings. The van der Waals surface area contributed by atoms with Gasteiger partial charge in [-0.15, -0.1) is 5.10 Å². The summed E-state index contributed by atoms with van der Waals surface area (Å²) in [6, 6.07) is 12.4. The molecule has 6 heteroatoms. The number of rotatable bonds is 3. The Morgan fingerprint density at radius 1 is 0.950 bits per heavy atom. The van der Waals surface area contributed by atoms with Crippen LogP contribution in [0.25, 0.3) is 11.5 Å². The smallest absolute Gasteiger partial charge is 0.320 e. The van der Waals surface area contributed by atoms with E-state index in [-0.39, 0.29) is 17.6 Å². The highest BCUT2D eigenvalue weighted by atomic mass is 19.1. The predicted octanol–water partition coefficient (Wildman–Crippen LogP) is 3.32. The molecule has 0 unspecified atom stereocenters. The average molecular weight is 271 g/mol. The van der Waals surface area contributed by atoms with Crippen LogP contribution in [0.5, 0.6) is 5.75 Å². The summed E-state index contributed by atoms with van der Waals surface area (Å²) in [7, 11) is 0. The lowest BCUT2D eigenvalue weighted by molar-refractivity contribution is 0.475. The Hall–Kier alpha value is -2.89. The van der Waals surface area contributed by atoms with Gasteiger partial charge in [0.1, 0.15) is 11.6 Å². The number of aromatic hydroxyl groups is 1. The van der Waals surface area contributed by atoms with Gasteiger partial charge in [-0.1, -0.05) is 5.10 Å². The molecular formula is C14H10FN3O2. The summed E-state index contributed by atoms with van der Waals surface area (Å²) in [5.74, 6) is 0.148. The van der Waals surface area contributed by atoms with Crippen LogP contribution in [0, 0.1) is 5.82 Å². The third kappa shape index (κ3) is 2.59. The second kappa shape index (κ2) is 5.00. The zero-order valence-corrected chi connectivity index (χ0v) is 10.2. The van der Waals surface area contributed by atoms with E-state index in [0.29, 0.717) is 17.1 Å². The molecule has 0 saturated heterocycles. The molecule has 100 valence electrons. The number of phenols is 1. The molecule has 0 aliphatic carbocycles. The predicted molar refractivity (Wildman–Crippen MR) is 71.1 cm³/mol. The number of phenolic OH excluding ortho intramolecular Hbond substituents is 1. The van der Waals surface area contributed by atoms with Crippen molar-refractivity contribution in [2.24, 2.45) is 0 Å². The number of benzene rings is 2. The van der Waals surface area contributed by atoms with Crippen LogP contribution in [0.2, 0.25) is 0 Å². The molecule has 5 nitrogen and oxygen atoms in total. The lowest BCUT2D eigenvalue weighted by atomic mass is 10.2. The number of hydrogen-bond donors (Lipinski definition) is 2. The Kier molecular flexibility index (Phi) is 3.04. The molecular weight excluding hydrogens is 261 g/mol. The van der Waals surface area contributed by atoms with Crippen molar-refractivity contribution in [2.45, 2.75) is 0 Å². The van der Waals surface area contributed by atoms with Crippen molar-refractivity contribution in [1.29, 1.82) is 0 Å². The molecule has 2 aromatic carbocycles. The number of hydrogen-bond acceptors (Lipinski definition) is 5. The van der Waals surface area contributed by atoms with Crippen LogP contribution in [0.3, 0.4) is 0 Å². The van der Waals surface area contributed by atoms with Gasteiger partial charge in [-0.2, -0.15) is 0 Å². The lowest BCUT2D eigenvalue weighted by Gasteiger charge is -2.00. The van der Waals surface area contributed by atoms with Crippen molar-refractivity contribution < 1.29 is 13.9 Å². The summed E-state index contributed by atoms with van der Waals surface area (Å²) >= 11 is 0. The molecule has 1 aromatic heterocycles. The average Bonchev–Trinajstić information content (AvgIpc) is 2.91. The van der Waals surface area contributed by atoms with Crippen LogP contribution in [0.4, 0.5) is 16.1 Å². The van der Waals surface area contributed by atoms with Crippen molar-refractivity contribution in [3.05, 3.63) is 54.3 Å². The van der Waals surface area contributed by atoms with E-state index in [1.165, 1.54) is 12.1 Å². The van der Waals surface area contributed by atoms with Gasteiger partial charge in [0.05, 0.1) is 0 Å². The molecule has 3 rings (SSSR count). The van der Waals surface area contributed by atoms with Gasteiger partial charge in [-0.25, -0.2) is 4.39 Å². The molecule has 0 radical (unpaired) electrons. The van der Waals surface area contributed by atoms with Crippen LogP contribution < -0.4 is 5.32 Å². The summed E-state index contributed by atoms with van der Waals surface area (Å²) in [5.41, 5.74) is 1.34. The maximum Gasteiger partial charge on any atom is 0.320 e. The normalized spacial score (nSPS) is 10.4. The zero-order valence-electron chi connectivity index (χ0n) is 10.2. The standard InChI is InChI=1S/C14H10FN3O2/c15-10-3-1-9(2-4-10)13-17-18-14(20-13)16-11-5-7-12(19)8-6-11/h1-8,19H,(H,16,18). The fourth-order valence-electron chi connectivity index (χ4n) is 1.65. The number of nitrogens with one attached hydrogen (secondary N) is 1. The van der Waals surface area contributed by atoms with E-state index in [1.54, 1.807) is 36.4 Å². The summed E-state index contributed by atoms with van der Waals surface area (Å²) in [4.78, 5) is 0. The molecule has 0 atom stereocenters. The minimum atomic E-state index is -0.323. The Morgan fingerprint density at radius 3 is 2.35 bits per heavy atom. The van der Waals surface area contributed by atoms with Crippen molar-refractivity contribution in [3.63, 3.8) is 0 Å². The molecule has 0 aliphatic heterocycles. The Labute approximate surface area is 113 Å². The fraction of sp³-hybridized carbons (Fsp3) is 0. The van der Waals surface area contributed by atoms with E-state index < -0.39 is 0 Å². The van der Waals surface area contributed by atoms with Gasteiger partial charge in [0.2, 0.25) is 5.89 Å². The van der Waals surface area contributed by atoms with Gasteiger partial charge in [0.25, 0.3) is 0 Å². The van der Waals surface area contributed by atoms with E-state index in [0.717, 1.165) is 0 Å². The number of anilines is 2. The molecule has 0 amide bonds. The van der Waals surface area contributed by atoms with E-state index in [1.807, 2.05) is 0 Å². The lowest BCUT2D eigenvalue weighted by Crippen LogP contribution is -1.89. The third-order valence-electron chi connectivity index (χ3n) is 2.63. The molecule has 0 saturated carbocycles. The number of aromatic nitrogens is 2. The van der Waals surface area contributed by atoms with Crippen molar-refractivity contribution >= 4 is 11.7 Å². The van der Waals surface area contributed by atoms with Crippen LogP contribution in [-0.2, 0) is 0 Å². The molecule has 0 spiro atoms. The van der Waals surface area contributed by atoms with Crippen LogP contribution in [-0.4, -0.2) is 15.3 Å². The first-order chi connectivity index (χ1) is 9.70. The minimum absolute atomic E-state index is 0.174. The van der Waals surface area contributed by atoms with E-state index in [2.05, 4.69) is 15.5 Å². The van der Waals surface area contributed by atoms with Crippen molar-refractivity contribution in [2.75, 3.05) is 5.32 Å². The first kappa shape index (κ1) is 12.2. The monoisotopic (exact) mass is 271 g/mol. The molecule has 20 heavy (non-hydrogen) atoms. The van der Waals surface area contributed by atoms with Gasteiger partial charge in [-0.3, -0.25) is 0 Å². The second-order valence-corrected chi connectivity index (χ2v) is 4.09. The maximum absolute atomic E-state index is 12.8. The first-order valence-corrected chi connectivity index (χ1v) is 5.86. The summed E-state index contributed by atoms with van der Waals surface area (Å²) in [6.45, 7) is 0. The molecule has 2 N–H and O–H groups in total. The molecule has 0 bridgehead atoms. The Morgan fingerprint density at radius 2 is 1.65 bits per heavy atom. The first-order valence-electron chi connectivity index (χ1n) is 5.86. The number of nitrogens with zero attached hydrogens (tertiary/aromatic N) is 2. The SMILES string of the molecule is Oc1ccc(Nc2nnc(-c3ccc(F)cc3)o2)cc1. The van der Waals surface area contributed by atoms with Crippen LogP contribution >= 0.6 is 0 Å². The van der Waals surface area contributed by atoms with Gasteiger partial charge in [0.15, 0.2) is 0 Å². The summed E-state index contributed by atoms with van der Waals surface area (Å²) in [5, 5.41) is 19.8. The van der Waals surface area contributed by atoms with Crippen LogP contribution in [0.15, 0.2) is 52.9 Å². The Balaban J connectivity index is 1.80. The topological polar surface area (TPSA) is 71.2 Å². The quantitative estimate of drug-likeness (QED) is 0.715. The van der Waals surface area contributed by atoms with E-state index >= 15 is 0 Å². The Bertz CT molecular complexity index is 708. The second-order valence-electron chi connectivity index (χ2n) is 4.09. The largest absolute Gasteiger partial charge is 0.508 e. The van der Waals surface area contributed by atoms with Gasteiger partial charge in [-0.05, 0) is 48.5 Å². The molecule has 0 fully saturated rings. The zero-order chi connectivity index (χ0) is 13.9. The van der Waals surface area contributed by atoms with Gasteiger partial charge in [0, 0.05) is 11.3 Å². The van der Waals surface area contributed by atoms with E-state index in [4.69, 9.17) is 4.42 Å². The fourth-order valence-corrected chi connectivity index (χ4v) is 1.65. The summed E-state index contributed by atoms with van der Waals surface area (Å²) < 4.78 is 18.3. The summed E-state index contributed by atoms with van der Waals surface area (Å²) in [6.07, 6.45) is 0. The molecule has 3 aromatic rings. The van der Waals surface area contributed by atoms with Crippen molar-refractivity contribution in [3.8, 4) is 17.2 Å². The van der Waals surface area contributed by atoms with Crippen molar-refractivity contribution in [1.82, 2.24) is 10.2 Å². The number of halogens is 1. The highest BCUT2D eigenvalue weighted by Gasteiger charge is 2.08. The highest BCUT2D eigenvalue weighted by molar-refractivity contribution is 5.56. The van der Waals surface area contributed by atoms with Gasteiger partial charge < -0.3 is 14.8 Å². The maximum atomic E-state index is 12.8. The van der Waals surface area contributed by atoms with Gasteiger partial charge >= 0.3 is 6.01 Å². The van der Waals surface area contributed by atoms with E-state index in [9.17, 15) is 9.50 Å². The molecule has 1 heterocycles. The highest BCUT2D eigenvalue weighted by Crippen LogP contribution is 2.23. The van der Waals surface area contributed by atoms with Crippen LogP contribution in [0.1, 0.15) is 0 Å². The minimum Gasteiger partial charge on any atom is -0.508 e. The third-order valence-corrected chi connectivity index (χ3v) is 2.63.